The van der Waals surface area contributed by atoms with E-state index >= 15 is 0 Å². The van der Waals surface area contributed by atoms with E-state index in [9.17, 15) is 4.79 Å². The lowest BCUT2D eigenvalue weighted by Crippen LogP contribution is -2.41. The number of aromatic amines is 1. The molecular formula is C27H25N3O3S. The van der Waals surface area contributed by atoms with Crippen LogP contribution in [-0.4, -0.2) is 21.8 Å². The second-order valence-corrected chi connectivity index (χ2v) is 8.73. The van der Waals surface area contributed by atoms with Gasteiger partial charge >= 0.3 is 0 Å². The number of ether oxygens (including phenoxy) is 2. The molecule has 0 amide bonds. The number of fused-ring (bicyclic) bond motifs is 2. The third-order valence-electron chi connectivity index (χ3n) is 5.92. The van der Waals surface area contributed by atoms with Crippen molar-refractivity contribution in [3.8, 4) is 11.5 Å². The van der Waals surface area contributed by atoms with E-state index in [0.29, 0.717) is 40.8 Å². The second kappa shape index (κ2) is 9.57. The highest BCUT2D eigenvalue weighted by Crippen LogP contribution is 2.35. The lowest BCUT2D eigenvalue weighted by Gasteiger charge is -2.28. The third kappa shape index (κ3) is 4.75. The largest absolute Gasteiger partial charge is 0.454 e. The maximum atomic E-state index is 13.0. The highest BCUT2D eigenvalue weighted by atomic mass is 32.1. The summed E-state index contributed by atoms with van der Waals surface area (Å²) in [5, 5.41) is 4.91. The van der Waals surface area contributed by atoms with Crippen LogP contribution in [0.3, 0.4) is 0 Å². The Bertz CT molecular complexity index is 1370. The van der Waals surface area contributed by atoms with Gasteiger partial charge in [-0.3, -0.25) is 4.79 Å². The molecule has 0 bridgehead atoms. The van der Waals surface area contributed by atoms with Crippen LogP contribution in [0.2, 0.25) is 0 Å². The molecule has 6 nitrogen and oxygen atoms in total. The summed E-state index contributed by atoms with van der Waals surface area (Å²) >= 11 is 5.82. The van der Waals surface area contributed by atoms with Crippen LogP contribution in [0.1, 0.15) is 29.7 Å². The minimum absolute atomic E-state index is 0.0293. The maximum absolute atomic E-state index is 13.0. The van der Waals surface area contributed by atoms with Gasteiger partial charge in [0.25, 0.3) is 5.56 Å². The molecule has 0 fully saturated rings. The van der Waals surface area contributed by atoms with Gasteiger partial charge in [0.1, 0.15) is 0 Å². The van der Waals surface area contributed by atoms with Crippen LogP contribution in [0.4, 0.5) is 0 Å². The van der Waals surface area contributed by atoms with E-state index in [1.54, 1.807) is 6.07 Å². The quantitative estimate of drug-likeness (QED) is 0.390. The number of pyridine rings is 1. The number of hydrogen-bond acceptors (Lipinski definition) is 4. The molecular weight excluding hydrogens is 446 g/mol. The number of H-pyrrole nitrogens is 1. The van der Waals surface area contributed by atoms with Gasteiger partial charge in [0.2, 0.25) is 6.79 Å². The Morgan fingerprint density at radius 2 is 1.68 bits per heavy atom. The molecule has 172 valence electrons. The van der Waals surface area contributed by atoms with Crippen molar-refractivity contribution in [3.63, 3.8) is 0 Å². The molecule has 0 saturated heterocycles. The van der Waals surface area contributed by atoms with E-state index in [1.807, 2.05) is 53.4 Å². The fourth-order valence-electron chi connectivity index (χ4n) is 4.07. The molecule has 3 aromatic carbocycles. The first kappa shape index (κ1) is 22.0. The third-order valence-corrected chi connectivity index (χ3v) is 6.29. The van der Waals surface area contributed by atoms with Crippen molar-refractivity contribution in [1.29, 1.82) is 0 Å². The van der Waals surface area contributed by atoms with Crippen LogP contribution in [-0.2, 0) is 13.1 Å². The normalized spacial score (nSPS) is 13.0. The van der Waals surface area contributed by atoms with Gasteiger partial charge < -0.3 is 24.7 Å². The minimum Gasteiger partial charge on any atom is -0.454 e. The van der Waals surface area contributed by atoms with E-state index in [0.717, 1.165) is 16.5 Å². The van der Waals surface area contributed by atoms with E-state index in [1.165, 1.54) is 0 Å². The Balaban J connectivity index is 1.43. The van der Waals surface area contributed by atoms with Gasteiger partial charge in [0.15, 0.2) is 16.6 Å². The Morgan fingerprint density at radius 3 is 2.41 bits per heavy atom. The molecule has 0 radical (unpaired) electrons. The minimum atomic E-state index is -0.150. The first-order valence-electron chi connectivity index (χ1n) is 11.2. The molecule has 2 N–H and O–H groups in total. The first-order chi connectivity index (χ1) is 16.6. The van der Waals surface area contributed by atoms with Crippen molar-refractivity contribution >= 4 is 28.2 Å². The number of benzene rings is 3. The van der Waals surface area contributed by atoms with E-state index in [4.69, 9.17) is 21.7 Å². The molecule has 1 atom stereocenters. The Morgan fingerprint density at radius 1 is 1.00 bits per heavy atom. The first-order valence-corrected chi connectivity index (χ1v) is 11.6. The van der Waals surface area contributed by atoms with E-state index < -0.39 is 0 Å². The zero-order chi connectivity index (χ0) is 23.5. The van der Waals surface area contributed by atoms with Gasteiger partial charge in [-0.1, -0.05) is 60.7 Å². The number of thiocarbonyl (C=S) groups is 1. The fourth-order valence-corrected chi connectivity index (χ4v) is 4.38. The van der Waals surface area contributed by atoms with Crippen molar-refractivity contribution in [1.82, 2.24) is 15.2 Å². The summed E-state index contributed by atoms with van der Waals surface area (Å²) in [6, 6.07) is 25.9. The summed E-state index contributed by atoms with van der Waals surface area (Å²) in [5.41, 5.74) is 3.44. The molecule has 2 heterocycles. The SMILES string of the molecule is C[C@H](NC(=S)N(Cc1ccccc1)Cc1cc2cc3c(cc2[nH]c1=O)OCO3)c1ccccc1. The van der Waals surface area contributed by atoms with Gasteiger partial charge in [0, 0.05) is 23.6 Å². The average molecular weight is 472 g/mol. The van der Waals surface area contributed by atoms with Crippen LogP contribution in [0.15, 0.2) is 83.7 Å². The molecule has 4 aromatic rings. The summed E-state index contributed by atoms with van der Waals surface area (Å²) in [7, 11) is 0. The number of aromatic nitrogens is 1. The lowest BCUT2D eigenvalue weighted by molar-refractivity contribution is 0.174. The highest BCUT2D eigenvalue weighted by molar-refractivity contribution is 7.80. The van der Waals surface area contributed by atoms with Gasteiger partial charge in [-0.2, -0.15) is 0 Å². The predicted octanol–water partition coefficient (Wildman–Crippen LogP) is 4.89. The summed E-state index contributed by atoms with van der Waals surface area (Å²) in [4.78, 5) is 18.0. The van der Waals surface area contributed by atoms with Gasteiger partial charge in [-0.05, 0) is 42.4 Å². The van der Waals surface area contributed by atoms with Crippen molar-refractivity contribution in [3.05, 3.63) is 106 Å². The zero-order valence-corrected chi connectivity index (χ0v) is 19.6. The molecule has 5 rings (SSSR count). The van der Waals surface area contributed by atoms with Crippen molar-refractivity contribution in [2.24, 2.45) is 0 Å². The van der Waals surface area contributed by atoms with E-state index in [2.05, 4.69) is 41.5 Å². The maximum Gasteiger partial charge on any atom is 0.253 e. The summed E-state index contributed by atoms with van der Waals surface area (Å²) in [5.74, 6) is 1.32. The number of nitrogens with zero attached hydrogens (tertiary/aromatic N) is 1. The van der Waals surface area contributed by atoms with E-state index in [-0.39, 0.29) is 18.4 Å². The molecule has 1 aromatic heterocycles. The van der Waals surface area contributed by atoms with Crippen LogP contribution in [0.25, 0.3) is 10.9 Å². The van der Waals surface area contributed by atoms with Gasteiger partial charge in [0.05, 0.1) is 18.1 Å². The lowest BCUT2D eigenvalue weighted by atomic mass is 10.1. The molecule has 7 heteroatoms. The number of nitrogens with one attached hydrogen (secondary N) is 2. The summed E-state index contributed by atoms with van der Waals surface area (Å²) in [6.07, 6.45) is 0. The second-order valence-electron chi connectivity index (χ2n) is 8.34. The van der Waals surface area contributed by atoms with Crippen LogP contribution in [0.5, 0.6) is 11.5 Å². The Hall–Kier alpha value is -3.84. The topological polar surface area (TPSA) is 66.6 Å². The van der Waals surface area contributed by atoms with Gasteiger partial charge in [-0.25, -0.2) is 0 Å². The molecule has 0 saturated carbocycles. The monoisotopic (exact) mass is 471 g/mol. The molecule has 34 heavy (non-hydrogen) atoms. The van der Waals surface area contributed by atoms with Crippen molar-refractivity contribution in [2.45, 2.75) is 26.1 Å². The fraction of sp³-hybridized carbons (Fsp3) is 0.185. The van der Waals surface area contributed by atoms with Crippen LogP contribution in [0, 0.1) is 0 Å². The smallest absolute Gasteiger partial charge is 0.253 e. The van der Waals surface area contributed by atoms with Crippen LogP contribution >= 0.6 is 12.2 Å². The number of rotatable bonds is 6. The molecule has 0 spiro atoms. The van der Waals surface area contributed by atoms with Crippen LogP contribution < -0.4 is 20.3 Å². The summed E-state index contributed by atoms with van der Waals surface area (Å²) < 4.78 is 10.9. The standard InChI is InChI=1S/C27H25N3O3S/c1-18(20-10-6-3-7-11-20)28-27(34)30(15-19-8-4-2-5-9-19)16-22-12-21-13-24-25(33-17-32-24)14-23(21)29-26(22)31/h2-14,18H,15-17H2,1H3,(H,28,34)(H,29,31)/t18-/m0/s1. The molecule has 1 aliphatic heterocycles. The van der Waals surface area contributed by atoms with Crippen molar-refractivity contribution in [2.75, 3.05) is 6.79 Å². The molecule has 1 aliphatic rings. The zero-order valence-electron chi connectivity index (χ0n) is 18.8. The Kier molecular flexibility index (Phi) is 6.18. The van der Waals surface area contributed by atoms with Gasteiger partial charge in [-0.15, -0.1) is 0 Å². The van der Waals surface area contributed by atoms with Crippen molar-refractivity contribution < 1.29 is 9.47 Å². The molecule has 0 unspecified atom stereocenters. The number of hydrogen-bond donors (Lipinski definition) is 2. The molecule has 0 aliphatic carbocycles. The highest BCUT2D eigenvalue weighted by Gasteiger charge is 2.18. The average Bonchev–Trinajstić information content (AvgIpc) is 3.31. The Labute approximate surface area is 203 Å². The summed E-state index contributed by atoms with van der Waals surface area (Å²) in [6.45, 7) is 3.20. The predicted molar refractivity (Wildman–Crippen MR) is 137 cm³/mol.